The molecule has 0 radical (unpaired) electrons. The molecule has 2 aromatic rings. The van der Waals surface area contributed by atoms with Gasteiger partial charge >= 0.3 is 18.0 Å². The number of hydrogen-bond acceptors (Lipinski definition) is 7. The van der Waals surface area contributed by atoms with Crippen molar-refractivity contribution in [2.45, 2.75) is 25.2 Å². The van der Waals surface area contributed by atoms with Gasteiger partial charge in [0, 0.05) is 12.3 Å². The normalized spacial score (nSPS) is 17.8. The molecule has 0 saturated carbocycles. The highest BCUT2D eigenvalue weighted by atomic mass is 16.6. The molecule has 158 valence electrons. The number of para-hydroxylation sites is 1. The number of anilines is 1. The number of aliphatic hydroxyl groups excluding tert-OH is 1. The molecule has 1 amide bonds. The van der Waals surface area contributed by atoms with Crippen LogP contribution in [0.3, 0.4) is 0 Å². The van der Waals surface area contributed by atoms with E-state index in [1.165, 1.54) is 14.2 Å². The standard InChI is InChI=1S/C22H23NO7/c1-28-20(25)19(21(26)29-2)16-12-18(24)23(17-11-7-6-10-15(16)17)22(27)30-13-14-8-4-3-5-9-14/h3-11,16,18-19,24H,12-13H2,1-2H3/t16-,18?/m0/s1. The number of carbonyl (C=O) groups is 3. The van der Waals surface area contributed by atoms with E-state index in [0.717, 1.165) is 10.5 Å². The molecule has 0 saturated heterocycles. The predicted octanol–water partition coefficient (Wildman–Crippen LogP) is 2.60. The highest BCUT2D eigenvalue weighted by Gasteiger charge is 2.45. The van der Waals surface area contributed by atoms with Gasteiger partial charge in [0.2, 0.25) is 0 Å². The van der Waals surface area contributed by atoms with Crippen molar-refractivity contribution in [1.82, 2.24) is 0 Å². The Bertz CT molecular complexity index is 899. The van der Waals surface area contributed by atoms with Crippen LogP contribution in [0.5, 0.6) is 0 Å². The van der Waals surface area contributed by atoms with Crippen LogP contribution in [0.1, 0.15) is 23.5 Å². The van der Waals surface area contributed by atoms with Crippen LogP contribution >= 0.6 is 0 Å². The topological polar surface area (TPSA) is 102 Å². The summed E-state index contributed by atoms with van der Waals surface area (Å²) in [6.45, 7) is 0.0431. The maximum Gasteiger partial charge on any atom is 0.416 e. The summed E-state index contributed by atoms with van der Waals surface area (Å²) < 4.78 is 14.9. The van der Waals surface area contributed by atoms with Crippen molar-refractivity contribution in [2.24, 2.45) is 5.92 Å². The smallest absolute Gasteiger partial charge is 0.416 e. The average Bonchev–Trinajstić information content (AvgIpc) is 2.78. The molecule has 1 N–H and O–H groups in total. The molecule has 3 rings (SSSR count). The van der Waals surface area contributed by atoms with Gasteiger partial charge < -0.3 is 19.3 Å². The van der Waals surface area contributed by atoms with Gasteiger partial charge in [-0.05, 0) is 17.2 Å². The van der Waals surface area contributed by atoms with Crippen LogP contribution in [-0.4, -0.2) is 43.6 Å². The third kappa shape index (κ3) is 4.28. The lowest BCUT2D eigenvalue weighted by Gasteiger charge is -2.38. The van der Waals surface area contributed by atoms with E-state index in [1.54, 1.807) is 24.3 Å². The van der Waals surface area contributed by atoms with Crippen LogP contribution in [0.4, 0.5) is 10.5 Å². The summed E-state index contributed by atoms with van der Waals surface area (Å²) in [6.07, 6.45) is -2.10. The first-order chi connectivity index (χ1) is 14.5. The quantitative estimate of drug-likeness (QED) is 0.457. The lowest BCUT2D eigenvalue weighted by Crippen LogP contribution is -2.47. The Morgan fingerprint density at radius 3 is 2.23 bits per heavy atom. The number of rotatable bonds is 5. The molecule has 0 bridgehead atoms. The van der Waals surface area contributed by atoms with Gasteiger partial charge in [-0.25, -0.2) is 4.79 Å². The van der Waals surface area contributed by atoms with Gasteiger partial charge in [-0.3, -0.25) is 14.5 Å². The molecule has 1 heterocycles. The Balaban J connectivity index is 1.90. The molecule has 0 aromatic heterocycles. The van der Waals surface area contributed by atoms with E-state index >= 15 is 0 Å². The largest absolute Gasteiger partial charge is 0.468 e. The van der Waals surface area contributed by atoms with E-state index in [0.29, 0.717) is 11.3 Å². The van der Waals surface area contributed by atoms with Gasteiger partial charge in [0.25, 0.3) is 0 Å². The number of amides is 1. The summed E-state index contributed by atoms with van der Waals surface area (Å²) >= 11 is 0. The summed E-state index contributed by atoms with van der Waals surface area (Å²) in [4.78, 5) is 38.5. The minimum Gasteiger partial charge on any atom is -0.468 e. The van der Waals surface area contributed by atoms with Crippen LogP contribution in [0.25, 0.3) is 0 Å². The second-order valence-corrected chi connectivity index (χ2v) is 6.82. The lowest BCUT2D eigenvalue weighted by molar-refractivity contribution is -0.160. The Kier molecular flexibility index (Phi) is 6.68. The Labute approximate surface area is 174 Å². The SMILES string of the molecule is COC(=O)C(C(=O)OC)[C@H]1CC(O)N(C(=O)OCc2ccccc2)c2ccccc21. The second-order valence-electron chi connectivity index (χ2n) is 6.82. The third-order valence-electron chi connectivity index (χ3n) is 5.07. The fourth-order valence-electron chi connectivity index (χ4n) is 3.64. The highest BCUT2D eigenvalue weighted by Crippen LogP contribution is 2.42. The number of fused-ring (bicyclic) bond motifs is 1. The van der Waals surface area contributed by atoms with E-state index in [1.807, 2.05) is 30.3 Å². The maximum atomic E-state index is 12.8. The molecule has 2 atom stereocenters. The monoisotopic (exact) mass is 413 g/mol. The van der Waals surface area contributed by atoms with Crippen molar-refractivity contribution in [3.8, 4) is 0 Å². The van der Waals surface area contributed by atoms with Gasteiger partial charge in [0.05, 0.1) is 19.9 Å². The summed E-state index contributed by atoms with van der Waals surface area (Å²) in [5, 5.41) is 10.7. The summed E-state index contributed by atoms with van der Waals surface area (Å²) in [7, 11) is 2.35. The zero-order chi connectivity index (χ0) is 21.7. The first-order valence-electron chi connectivity index (χ1n) is 9.40. The van der Waals surface area contributed by atoms with Gasteiger partial charge in [-0.1, -0.05) is 48.5 Å². The molecule has 8 heteroatoms. The van der Waals surface area contributed by atoms with Crippen molar-refractivity contribution < 1.29 is 33.7 Å². The van der Waals surface area contributed by atoms with E-state index in [9.17, 15) is 19.5 Å². The number of nitrogens with zero attached hydrogens (tertiary/aromatic N) is 1. The Morgan fingerprint density at radius 1 is 1.00 bits per heavy atom. The molecule has 2 aromatic carbocycles. The molecule has 0 aliphatic carbocycles. The van der Waals surface area contributed by atoms with Crippen molar-refractivity contribution >= 4 is 23.7 Å². The van der Waals surface area contributed by atoms with Crippen LogP contribution in [0.2, 0.25) is 0 Å². The lowest BCUT2D eigenvalue weighted by atomic mass is 9.79. The van der Waals surface area contributed by atoms with E-state index < -0.39 is 36.1 Å². The molecule has 1 aliphatic heterocycles. The maximum absolute atomic E-state index is 12.8. The first kappa shape index (κ1) is 21.3. The molecule has 8 nitrogen and oxygen atoms in total. The van der Waals surface area contributed by atoms with Crippen molar-refractivity contribution in [3.63, 3.8) is 0 Å². The number of benzene rings is 2. The van der Waals surface area contributed by atoms with Crippen molar-refractivity contribution in [2.75, 3.05) is 19.1 Å². The summed E-state index contributed by atoms with van der Waals surface area (Å²) in [5.41, 5.74) is 1.71. The van der Waals surface area contributed by atoms with Gasteiger partial charge in [-0.2, -0.15) is 0 Å². The minimum absolute atomic E-state index is 0.0431. The Morgan fingerprint density at radius 2 is 1.60 bits per heavy atom. The van der Waals surface area contributed by atoms with Gasteiger partial charge in [0.1, 0.15) is 12.8 Å². The molecular formula is C22H23NO7. The molecule has 0 spiro atoms. The van der Waals surface area contributed by atoms with E-state index in [2.05, 4.69) is 0 Å². The molecule has 30 heavy (non-hydrogen) atoms. The number of ether oxygens (including phenoxy) is 3. The molecular weight excluding hydrogens is 390 g/mol. The number of methoxy groups -OCH3 is 2. The number of hydrogen-bond donors (Lipinski definition) is 1. The molecule has 1 unspecified atom stereocenters. The second kappa shape index (κ2) is 9.41. The van der Waals surface area contributed by atoms with Crippen LogP contribution in [0, 0.1) is 5.92 Å². The average molecular weight is 413 g/mol. The molecule has 1 aliphatic rings. The van der Waals surface area contributed by atoms with Gasteiger partial charge in [-0.15, -0.1) is 0 Å². The van der Waals surface area contributed by atoms with Crippen molar-refractivity contribution in [3.05, 3.63) is 65.7 Å². The third-order valence-corrected chi connectivity index (χ3v) is 5.07. The Hall–Kier alpha value is -3.39. The zero-order valence-electron chi connectivity index (χ0n) is 16.7. The molecule has 0 fully saturated rings. The first-order valence-corrected chi connectivity index (χ1v) is 9.40. The fourth-order valence-corrected chi connectivity index (χ4v) is 3.64. The predicted molar refractivity (Wildman–Crippen MR) is 106 cm³/mol. The fraction of sp³-hybridized carbons (Fsp3) is 0.318. The van der Waals surface area contributed by atoms with E-state index in [-0.39, 0.29) is 13.0 Å². The number of aliphatic hydroxyl groups is 1. The minimum atomic E-state index is -1.30. The van der Waals surface area contributed by atoms with Crippen LogP contribution < -0.4 is 4.90 Å². The number of esters is 2. The van der Waals surface area contributed by atoms with Crippen LogP contribution in [0.15, 0.2) is 54.6 Å². The summed E-state index contributed by atoms with van der Waals surface area (Å²) in [5.74, 6) is -3.53. The number of carbonyl (C=O) groups excluding carboxylic acids is 3. The van der Waals surface area contributed by atoms with E-state index in [4.69, 9.17) is 14.2 Å². The summed E-state index contributed by atoms with van der Waals surface area (Å²) in [6, 6.07) is 15.9. The van der Waals surface area contributed by atoms with Crippen molar-refractivity contribution in [1.29, 1.82) is 0 Å². The highest BCUT2D eigenvalue weighted by molar-refractivity contribution is 5.97. The van der Waals surface area contributed by atoms with Gasteiger partial charge in [0.15, 0.2) is 5.92 Å². The van der Waals surface area contributed by atoms with Crippen LogP contribution in [-0.2, 0) is 30.4 Å². The zero-order valence-corrected chi connectivity index (χ0v) is 16.7.